The van der Waals surface area contributed by atoms with E-state index in [0.717, 1.165) is 6.42 Å². The molecule has 2 aromatic carbocycles. The van der Waals surface area contributed by atoms with E-state index in [1.165, 1.54) is 16.7 Å². The SMILES string of the molecule is CCCn1c(SCC(=O)N(C)CC(=O)Nc2ccccc2Cl)nc2ccccc2c1=O. The van der Waals surface area contributed by atoms with Crippen molar-refractivity contribution in [2.75, 3.05) is 24.7 Å². The minimum absolute atomic E-state index is 0.0599. The molecule has 0 aliphatic heterocycles. The third-order valence-corrected chi connectivity index (χ3v) is 5.84. The zero-order chi connectivity index (χ0) is 22.4. The first-order valence-corrected chi connectivity index (χ1v) is 11.2. The fourth-order valence-corrected chi connectivity index (χ4v) is 4.12. The number of carbonyl (C=O) groups excluding carboxylic acids is 2. The molecule has 7 nitrogen and oxygen atoms in total. The largest absolute Gasteiger partial charge is 0.336 e. The number of anilines is 1. The van der Waals surface area contributed by atoms with Crippen molar-refractivity contribution in [3.05, 3.63) is 63.9 Å². The molecule has 2 amide bonds. The normalized spacial score (nSPS) is 10.8. The van der Waals surface area contributed by atoms with Crippen molar-refractivity contribution in [3.63, 3.8) is 0 Å². The molecule has 0 aliphatic rings. The lowest BCUT2D eigenvalue weighted by Crippen LogP contribution is -2.36. The number of nitrogens with zero attached hydrogens (tertiary/aromatic N) is 3. The van der Waals surface area contributed by atoms with Gasteiger partial charge >= 0.3 is 0 Å². The average Bonchev–Trinajstić information content (AvgIpc) is 2.76. The van der Waals surface area contributed by atoms with Crippen LogP contribution in [-0.4, -0.2) is 45.6 Å². The summed E-state index contributed by atoms with van der Waals surface area (Å²) in [6.45, 7) is 2.38. The molecular weight excluding hydrogens is 436 g/mol. The molecule has 0 unspecified atom stereocenters. The summed E-state index contributed by atoms with van der Waals surface area (Å²) >= 11 is 7.24. The molecule has 1 heterocycles. The van der Waals surface area contributed by atoms with Gasteiger partial charge in [0.15, 0.2) is 5.16 Å². The Morgan fingerprint density at radius 2 is 1.87 bits per heavy atom. The van der Waals surface area contributed by atoms with Gasteiger partial charge in [-0.15, -0.1) is 0 Å². The molecule has 0 saturated carbocycles. The Morgan fingerprint density at radius 1 is 1.16 bits per heavy atom. The number of fused-ring (bicyclic) bond motifs is 1. The Morgan fingerprint density at radius 3 is 2.61 bits per heavy atom. The van der Waals surface area contributed by atoms with Crippen molar-refractivity contribution in [1.29, 1.82) is 0 Å². The summed E-state index contributed by atoms with van der Waals surface area (Å²) in [5.74, 6) is -0.532. The molecule has 9 heteroatoms. The maximum Gasteiger partial charge on any atom is 0.262 e. The first-order chi connectivity index (χ1) is 14.9. The fraction of sp³-hybridized carbons (Fsp3) is 0.273. The van der Waals surface area contributed by atoms with Crippen molar-refractivity contribution in [1.82, 2.24) is 14.5 Å². The van der Waals surface area contributed by atoms with E-state index in [2.05, 4.69) is 10.3 Å². The summed E-state index contributed by atoms with van der Waals surface area (Å²) in [6.07, 6.45) is 0.767. The lowest BCUT2D eigenvalue weighted by atomic mass is 10.2. The number of aromatic nitrogens is 2. The molecule has 3 rings (SSSR count). The van der Waals surface area contributed by atoms with Gasteiger partial charge in [-0.25, -0.2) is 4.98 Å². The van der Waals surface area contributed by atoms with E-state index < -0.39 is 0 Å². The zero-order valence-corrected chi connectivity index (χ0v) is 18.9. The second kappa shape index (κ2) is 10.5. The van der Waals surface area contributed by atoms with Crippen LogP contribution in [0.3, 0.4) is 0 Å². The second-order valence-corrected chi connectivity index (χ2v) is 8.28. The van der Waals surface area contributed by atoms with Crippen LogP contribution >= 0.6 is 23.4 Å². The van der Waals surface area contributed by atoms with Crippen LogP contribution in [0.1, 0.15) is 13.3 Å². The molecule has 1 aromatic heterocycles. The number of thioether (sulfide) groups is 1. The minimum Gasteiger partial charge on any atom is -0.336 e. The Labute approximate surface area is 189 Å². The molecule has 1 N–H and O–H groups in total. The lowest BCUT2D eigenvalue weighted by Gasteiger charge is -2.17. The fourth-order valence-electron chi connectivity index (χ4n) is 2.97. The number of amides is 2. The summed E-state index contributed by atoms with van der Waals surface area (Å²) in [5.41, 5.74) is 0.977. The number of para-hydroxylation sites is 2. The average molecular weight is 459 g/mol. The molecule has 3 aromatic rings. The monoisotopic (exact) mass is 458 g/mol. The Bertz CT molecular complexity index is 1160. The zero-order valence-electron chi connectivity index (χ0n) is 17.3. The number of likely N-dealkylation sites (N-methyl/N-ethyl adjacent to an activating group) is 1. The van der Waals surface area contributed by atoms with Crippen molar-refractivity contribution < 1.29 is 9.59 Å². The molecule has 0 radical (unpaired) electrons. The number of nitrogens with one attached hydrogen (secondary N) is 1. The van der Waals surface area contributed by atoms with Crippen LogP contribution in [0.5, 0.6) is 0 Å². The van der Waals surface area contributed by atoms with Gasteiger partial charge in [0.25, 0.3) is 5.56 Å². The number of hydrogen-bond acceptors (Lipinski definition) is 5. The van der Waals surface area contributed by atoms with Crippen molar-refractivity contribution in [2.45, 2.75) is 25.0 Å². The maximum absolute atomic E-state index is 12.8. The van der Waals surface area contributed by atoms with E-state index in [9.17, 15) is 14.4 Å². The van der Waals surface area contributed by atoms with Gasteiger partial charge in [-0.05, 0) is 30.7 Å². The molecule has 0 spiro atoms. The van der Waals surface area contributed by atoms with Crippen molar-refractivity contribution in [2.24, 2.45) is 0 Å². The highest BCUT2D eigenvalue weighted by atomic mass is 35.5. The number of hydrogen-bond donors (Lipinski definition) is 1. The lowest BCUT2D eigenvalue weighted by molar-refractivity contribution is -0.131. The highest BCUT2D eigenvalue weighted by molar-refractivity contribution is 7.99. The van der Waals surface area contributed by atoms with Crippen molar-refractivity contribution >= 4 is 51.8 Å². The Kier molecular flexibility index (Phi) is 7.70. The van der Waals surface area contributed by atoms with Crippen LogP contribution in [0.25, 0.3) is 10.9 Å². The Hall–Kier alpha value is -2.84. The number of halogens is 1. The summed E-state index contributed by atoms with van der Waals surface area (Å²) in [5, 5.41) is 4.17. The van der Waals surface area contributed by atoms with Gasteiger partial charge in [0, 0.05) is 13.6 Å². The summed E-state index contributed by atoms with van der Waals surface area (Å²) in [6, 6.07) is 14.1. The predicted octanol–water partition coefficient (Wildman–Crippen LogP) is 3.65. The topological polar surface area (TPSA) is 84.3 Å². The Balaban J connectivity index is 1.66. The van der Waals surface area contributed by atoms with E-state index in [0.29, 0.717) is 33.3 Å². The standard InChI is InChI=1S/C22H23ClN4O3S/c1-3-12-27-21(30)15-8-4-6-10-17(15)25-22(27)31-14-20(29)26(2)13-19(28)24-18-11-7-5-9-16(18)23/h4-11H,3,12-14H2,1-2H3,(H,24,28). The summed E-state index contributed by atoms with van der Waals surface area (Å²) in [4.78, 5) is 43.6. The molecule has 0 atom stereocenters. The molecule has 0 saturated heterocycles. The van der Waals surface area contributed by atoms with Crippen LogP contribution in [0, 0.1) is 0 Å². The molecular formula is C22H23ClN4O3S. The van der Waals surface area contributed by atoms with Crippen LogP contribution in [-0.2, 0) is 16.1 Å². The smallest absolute Gasteiger partial charge is 0.262 e. The third-order valence-electron chi connectivity index (χ3n) is 4.55. The summed E-state index contributed by atoms with van der Waals surface area (Å²) in [7, 11) is 1.56. The highest BCUT2D eigenvalue weighted by Crippen LogP contribution is 2.21. The molecule has 162 valence electrons. The van der Waals surface area contributed by atoms with Gasteiger partial charge in [-0.3, -0.25) is 19.0 Å². The van der Waals surface area contributed by atoms with E-state index >= 15 is 0 Å². The highest BCUT2D eigenvalue weighted by Gasteiger charge is 2.17. The van der Waals surface area contributed by atoms with E-state index in [1.54, 1.807) is 54.1 Å². The molecule has 0 bridgehead atoms. The predicted molar refractivity (Wildman–Crippen MR) is 125 cm³/mol. The van der Waals surface area contributed by atoms with E-state index in [1.807, 2.05) is 13.0 Å². The van der Waals surface area contributed by atoms with Gasteiger partial charge in [0.05, 0.1) is 33.9 Å². The summed E-state index contributed by atoms with van der Waals surface area (Å²) < 4.78 is 1.60. The molecule has 0 aliphatic carbocycles. The quantitative estimate of drug-likeness (QED) is 0.411. The number of carbonyl (C=O) groups is 2. The van der Waals surface area contributed by atoms with E-state index in [-0.39, 0.29) is 29.7 Å². The van der Waals surface area contributed by atoms with Gasteiger partial charge < -0.3 is 10.2 Å². The minimum atomic E-state index is -0.347. The van der Waals surface area contributed by atoms with Gasteiger partial charge in [-0.1, -0.05) is 54.6 Å². The van der Waals surface area contributed by atoms with Crippen molar-refractivity contribution in [3.8, 4) is 0 Å². The first kappa shape index (κ1) is 22.8. The van der Waals surface area contributed by atoms with Crippen LogP contribution in [0.15, 0.2) is 58.5 Å². The van der Waals surface area contributed by atoms with Gasteiger partial charge in [0.1, 0.15) is 0 Å². The van der Waals surface area contributed by atoms with Crippen LogP contribution < -0.4 is 10.9 Å². The van der Waals surface area contributed by atoms with Crippen LogP contribution in [0.2, 0.25) is 5.02 Å². The van der Waals surface area contributed by atoms with Crippen LogP contribution in [0.4, 0.5) is 5.69 Å². The maximum atomic E-state index is 12.8. The molecule has 31 heavy (non-hydrogen) atoms. The second-order valence-electron chi connectivity index (χ2n) is 6.93. The van der Waals surface area contributed by atoms with E-state index in [4.69, 9.17) is 11.6 Å². The number of rotatable bonds is 8. The molecule has 0 fully saturated rings. The van der Waals surface area contributed by atoms with Gasteiger partial charge in [-0.2, -0.15) is 0 Å². The third kappa shape index (κ3) is 5.65. The van der Waals surface area contributed by atoms with Gasteiger partial charge in [0.2, 0.25) is 11.8 Å². The number of benzene rings is 2. The first-order valence-electron chi connectivity index (χ1n) is 9.81.